The Morgan fingerprint density at radius 3 is 2.27 bits per heavy atom. The van der Waals surface area contributed by atoms with E-state index in [2.05, 4.69) is 0 Å². The SMILES string of the molecule is O=[N+]([O-])C(CP(=O)(O)O)c1ccccc1. The van der Waals surface area contributed by atoms with E-state index in [-0.39, 0.29) is 0 Å². The van der Waals surface area contributed by atoms with Crippen LogP contribution < -0.4 is 0 Å². The Balaban J connectivity index is 2.95. The zero-order chi connectivity index (χ0) is 11.5. The smallest absolute Gasteiger partial charge is 0.324 e. The molecule has 1 unspecified atom stereocenters. The fourth-order valence-electron chi connectivity index (χ4n) is 1.19. The number of hydrogen-bond donors (Lipinski definition) is 2. The lowest BCUT2D eigenvalue weighted by Gasteiger charge is -2.10. The summed E-state index contributed by atoms with van der Waals surface area (Å²) in [6.45, 7) is 0. The maximum Gasteiger partial charge on any atom is 0.332 e. The van der Waals surface area contributed by atoms with Crippen LogP contribution in [-0.4, -0.2) is 20.9 Å². The van der Waals surface area contributed by atoms with Gasteiger partial charge in [0.2, 0.25) is 6.04 Å². The molecule has 2 N–H and O–H groups in total. The summed E-state index contributed by atoms with van der Waals surface area (Å²) in [6.07, 6.45) is -0.774. The van der Waals surface area contributed by atoms with Crippen LogP contribution in [0.5, 0.6) is 0 Å². The zero-order valence-electron chi connectivity index (χ0n) is 7.68. The maximum atomic E-state index is 10.7. The molecule has 0 aliphatic rings. The van der Waals surface area contributed by atoms with Gasteiger partial charge in [-0.3, -0.25) is 14.7 Å². The third kappa shape index (κ3) is 3.79. The first kappa shape index (κ1) is 11.8. The van der Waals surface area contributed by atoms with Crippen LogP contribution >= 0.6 is 7.60 Å². The van der Waals surface area contributed by atoms with Gasteiger partial charge in [0.1, 0.15) is 6.16 Å². The van der Waals surface area contributed by atoms with Crippen LogP contribution in [0.15, 0.2) is 30.3 Å². The Hall–Kier alpha value is -1.23. The summed E-state index contributed by atoms with van der Waals surface area (Å²) in [5.41, 5.74) is 0.297. The molecule has 0 amide bonds. The van der Waals surface area contributed by atoms with Crippen LogP contribution in [0, 0.1) is 10.1 Å². The number of hydrogen-bond acceptors (Lipinski definition) is 3. The molecule has 1 aromatic rings. The molecule has 0 heterocycles. The van der Waals surface area contributed by atoms with E-state index in [0.29, 0.717) is 5.56 Å². The highest BCUT2D eigenvalue weighted by atomic mass is 31.2. The molecule has 82 valence electrons. The van der Waals surface area contributed by atoms with E-state index in [1.807, 2.05) is 0 Å². The lowest BCUT2D eigenvalue weighted by molar-refractivity contribution is -0.523. The lowest BCUT2D eigenvalue weighted by Crippen LogP contribution is -2.14. The van der Waals surface area contributed by atoms with Gasteiger partial charge in [-0.2, -0.15) is 0 Å². The molecule has 7 heteroatoms. The second kappa shape index (κ2) is 4.53. The van der Waals surface area contributed by atoms with Crippen molar-refractivity contribution in [2.45, 2.75) is 6.04 Å². The first-order valence-electron chi connectivity index (χ1n) is 4.13. The Bertz CT molecular complexity index is 387. The van der Waals surface area contributed by atoms with Gasteiger partial charge >= 0.3 is 7.60 Å². The van der Waals surface area contributed by atoms with Gasteiger partial charge in [0, 0.05) is 10.5 Å². The standard InChI is InChI=1S/C8H10NO5P/c10-9(11)8(6-15(12,13)14)7-4-2-1-3-5-7/h1-5,8H,6H2,(H2,12,13,14). The Kier molecular flexibility index (Phi) is 3.57. The van der Waals surface area contributed by atoms with Crippen molar-refractivity contribution in [3.05, 3.63) is 46.0 Å². The highest BCUT2D eigenvalue weighted by molar-refractivity contribution is 7.51. The van der Waals surface area contributed by atoms with Gasteiger partial charge in [0.25, 0.3) is 0 Å². The number of rotatable bonds is 4. The van der Waals surface area contributed by atoms with Crippen molar-refractivity contribution in [3.63, 3.8) is 0 Å². The van der Waals surface area contributed by atoms with E-state index in [1.54, 1.807) is 18.2 Å². The van der Waals surface area contributed by atoms with Gasteiger partial charge in [-0.1, -0.05) is 30.3 Å². The Labute approximate surface area is 85.9 Å². The van der Waals surface area contributed by atoms with Crippen LogP contribution in [0.2, 0.25) is 0 Å². The summed E-state index contributed by atoms with van der Waals surface area (Å²) in [5, 5.41) is 10.6. The number of nitro groups is 1. The zero-order valence-corrected chi connectivity index (χ0v) is 8.58. The summed E-state index contributed by atoms with van der Waals surface area (Å²) in [7, 11) is -4.38. The summed E-state index contributed by atoms with van der Waals surface area (Å²) in [5.74, 6) is 0. The molecule has 0 aromatic heterocycles. The van der Waals surface area contributed by atoms with Gasteiger partial charge < -0.3 is 9.79 Å². The number of nitrogens with zero attached hydrogens (tertiary/aromatic N) is 1. The predicted molar refractivity (Wildman–Crippen MR) is 53.1 cm³/mol. The average Bonchev–Trinajstić information content (AvgIpc) is 2.14. The second-order valence-corrected chi connectivity index (χ2v) is 4.75. The summed E-state index contributed by atoms with van der Waals surface area (Å²) < 4.78 is 10.7. The minimum absolute atomic E-state index is 0.297. The van der Waals surface area contributed by atoms with Gasteiger partial charge in [0.05, 0.1) is 0 Å². The third-order valence-electron chi connectivity index (χ3n) is 1.85. The molecule has 1 rings (SSSR count). The van der Waals surface area contributed by atoms with Gasteiger partial charge in [-0.15, -0.1) is 0 Å². The minimum Gasteiger partial charge on any atom is -0.324 e. The molecule has 0 aliphatic heterocycles. The molecular weight excluding hydrogens is 221 g/mol. The van der Waals surface area contributed by atoms with Gasteiger partial charge in [-0.25, -0.2) is 0 Å². The molecule has 0 spiro atoms. The van der Waals surface area contributed by atoms with E-state index in [0.717, 1.165) is 0 Å². The van der Waals surface area contributed by atoms with Crippen molar-refractivity contribution in [1.29, 1.82) is 0 Å². The quantitative estimate of drug-likeness (QED) is 0.460. The normalized spacial score (nSPS) is 13.5. The molecule has 0 radical (unpaired) electrons. The summed E-state index contributed by atoms with van der Waals surface area (Å²) >= 11 is 0. The average molecular weight is 231 g/mol. The highest BCUT2D eigenvalue weighted by Gasteiger charge is 2.31. The van der Waals surface area contributed by atoms with E-state index < -0.39 is 24.7 Å². The fourth-order valence-corrected chi connectivity index (χ4v) is 1.99. The van der Waals surface area contributed by atoms with Crippen LogP contribution in [0.4, 0.5) is 0 Å². The number of benzene rings is 1. The van der Waals surface area contributed by atoms with Crippen LogP contribution in [0.25, 0.3) is 0 Å². The molecule has 0 saturated heterocycles. The molecule has 1 aromatic carbocycles. The molecule has 0 bridgehead atoms. The molecule has 15 heavy (non-hydrogen) atoms. The molecule has 6 nitrogen and oxygen atoms in total. The first-order valence-corrected chi connectivity index (χ1v) is 5.93. The minimum atomic E-state index is -4.38. The molecular formula is C8H10NO5P. The molecule has 0 saturated carbocycles. The lowest BCUT2D eigenvalue weighted by atomic mass is 10.1. The summed E-state index contributed by atoms with van der Waals surface area (Å²) in [6, 6.07) is 6.45. The van der Waals surface area contributed by atoms with E-state index in [9.17, 15) is 14.7 Å². The van der Waals surface area contributed by atoms with Crippen molar-refractivity contribution in [1.82, 2.24) is 0 Å². The van der Waals surface area contributed by atoms with Crippen molar-refractivity contribution < 1.29 is 19.3 Å². The van der Waals surface area contributed by atoms with Crippen molar-refractivity contribution in [2.24, 2.45) is 0 Å². The van der Waals surface area contributed by atoms with Crippen molar-refractivity contribution >= 4 is 7.60 Å². The van der Waals surface area contributed by atoms with E-state index in [1.165, 1.54) is 12.1 Å². The summed E-state index contributed by atoms with van der Waals surface area (Å²) in [4.78, 5) is 27.4. The highest BCUT2D eigenvalue weighted by Crippen LogP contribution is 2.40. The second-order valence-electron chi connectivity index (χ2n) is 3.06. The third-order valence-corrected chi connectivity index (χ3v) is 2.67. The van der Waals surface area contributed by atoms with Crippen molar-refractivity contribution in [2.75, 3.05) is 6.16 Å². The molecule has 0 aliphatic carbocycles. The Morgan fingerprint density at radius 2 is 1.87 bits per heavy atom. The fraction of sp³-hybridized carbons (Fsp3) is 0.250. The Morgan fingerprint density at radius 1 is 1.33 bits per heavy atom. The monoisotopic (exact) mass is 231 g/mol. The largest absolute Gasteiger partial charge is 0.332 e. The predicted octanol–water partition coefficient (Wildman–Crippen LogP) is 1.18. The van der Waals surface area contributed by atoms with Gasteiger partial charge in [-0.05, 0) is 0 Å². The van der Waals surface area contributed by atoms with Crippen LogP contribution in [0.3, 0.4) is 0 Å². The molecule has 1 atom stereocenters. The maximum absolute atomic E-state index is 10.7. The van der Waals surface area contributed by atoms with E-state index in [4.69, 9.17) is 9.79 Å². The van der Waals surface area contributed by atoms with Crippen LogP contribution in [-0.2, 0) is 4.57 Å². The van der Waals surface area contributed by atoms with Crippen molar-refractivity contribution in [3.8, 4) is 0 Å². The van der Waals surface area contributed by atoms with Crippen LogP contribution in [0.1, 0.15) is 11.6 Å². The first-order chi connectivity index (χ1) is 6.90. The van der Waals surface area contributed by atoms with E-state index >= 15 is 0 Å². The molecule has 0 fully saturated rings. The van der Waals surface area contributed by atoms with Gasteiger partial charge in [0.15, 0.2) is 0 Å². The topological polar surface area (TPSA) is 101 Å².